The molecule has 0 amide bonds. The summed E-state index contributed by atoms with van der Waals surface area (Å²) in [5.74, 6) is -0.333. The zero-order valence-electron chi connectivity index (χ0n) is 11.8. The number of amidine groups is 1. The minimum Gasteiger partial charge on any atom is -0.494 e. The van der Waals surface area contributed by atoms with Crippen molar-refractivity contribution in [2.75, 3.05) is 6.61 Å². The lowest BCUT2D eigenvalue weighted by Gasteiger charge is -2.14. The number of hydrogen-bond acceptors (Lipinski definition) is 3. The van der Waals surface area contributed by atoms with Crippen LogP contribution in [0.2, 0.25) is 0 Å². The molecular weight excluding hydrogens is 285 g/mol. The van der Waals surface area contributed by atoms with E-state index >= 15 is 0 Å². The Kier molecular flexibility index (Phi) is 6.33. The number of benzene rings is 1. The van der Waals surface area contributed by atoms with Crippen molar-refractivity contribution in [3.05, 3.63) is 29.3 Å². The van der Waals surface area contributed by atoms with Gasteiger partial charge >= 0.3 is 6.18 Å². The van der Waals surface area contributed by atoms with Gasteiger partial charge in [-0.15, -0.1) is 0 Å². The van der Waals surface area contributed by atoms with Crippen LogP contribution in [0.15, 0.2) is 23.4 Å². The van der Waals surface area contributed by atoms with Gasteiger partial charge in [0.15, 0.2) is 5.84 Å². The van der Waals surface area contributed by atoms with Crippen LogP contribution in [0.25, 0.3) is 0 Å². The number of oxime groups is 1. The number of alkyl halides is 3. The van der Waals surface area contributed by atoms with Gasteiger partial charge in [-0.3, -0.25) is 0 Å². The summed E-state index contributed by atoms with van der Waals surface area (Å²) in [6.45, 7) is 2.50. The highest BCUT2D eigenvalue weighted by molar-refractivity contribution is 5.99. The Morgan fingerprint density at radius 2 is 2.00 bits per heavy atom. The van der Waals surface area contributed by atoms with Crippen molar-refractivity contribution in [2.45, 2.75) is 38.8 Å². The normalized spacial score (nSPS) is 12.5. The fraction of sp³-hybridized carbons (Fsp3) is 0.500. The van der Waals surface area contributed by atoms with Gasteiger partial charge in [-0.1, -0.05) is 31.3 Å². The van der Waals surface area contributed by atoms with E-state index in [1.165, 1.54) is 6.07 Å². The van der Waals surface area contributed by atoms with Gasteiger partial charge in [0.1, 0.15) is 5.75 Å². The second-order valence-electron chi connectivity index (χ2n) is 4.60. The maximum absolute atomic E-state index is 12.8. The molecule has 0 bridgehead atoms. The smallest absolute Gasteiger partial charge is 0.417 e. The SMILES string of the molecule is CCCCCCOc1ccc(C(F)(F)F)c(/C(N)=N/O)c1. The molecule has 0 saturated carbocycles. The fourth-order valence-corrected chi connectivity index (χ4v) is 1.84. The van der Waals surface area contributed by atoms with Gasteiger partial charge < -0.3 is 15.7 Å². The lowest BCUT2D eigenvalue weighted by atomic mass is 10.1. The molecule has 0 spiro atoms. The highest BCUT2D eigenvalue weighted by atomic mass is 19.4. The largest absolute Gasteiger partial charge is 0.494 e. The number of nitrogens with zero attached hydrogens (tertiary/aromatic N) is 1. The standard InChI is InChI=1S/C14H19F3N2O2/c1-2-3-4-5-8-21-10-6-7-12(14(15,16)17)11(9-10)13(18)19-20/h6-7,9,20H,2-5,8H2,1H3,(H2,18,19). The van der Waals surface area contributed by atoms with E-state index in [1.54, 1.807) is 0 Å². The molecule has 0 unspecified atom stereocenters. The van der Waals surface area contributed by atoms with Gasteiger partial charge in [-0.25, -0.2) is 0 Å². The van der Waals surface area contributed by atoms with Gasteiger partial charge in [0, 0.05) is 5.56 Å². The summed E-state index contributed by atoms with van der Waals surface area (Å²) in [6, 6.07) is 3.24. The molecule has 21 heavy (non-hydrogen) atoms. The van der Waals surface area contributed by atoms with Crippen molar-refractivity contribution in [1.82, 2.24) is 0 Å². The maximum atomic E-state index is 12.8. The lowest BCUT2D eigenvalue weighted by molar-refractivity contribution is -0.137. The number of rotatable bonds is 7. The first-order chi connectivity index (χ1) is 9.90. The van der Waals surface area contributed by atoms with E-state index < -0.39 is 23.1 Å². The molecule has 4 nitrogen and oxygen atoms in total. The average molecular weight is 304 g/mol. The van der Waals surface area contributed by atoms with Gasteiger partial charge in [0.25, 0.3) is 0 Å². The van der Waals surface area contributed by atoms with Crippen molar-refractivity contribution >= 4 is 5.84 Å². The first-order valence-electron chi connectivity index (χ1n) is 6.72. The van der Waals surface area contributed by atoms with Crippen LogP contribution in [-0.4, -0.2) is 17.6 Å². The first-order valence-corrected chi connectivity index (χ1v) is 6.72. The second-order valence-corrected chi connectivity index (χ2v) is 4.60. The van der Waals surface area contributed by atoms with E-state index in [2.05, 4.69) is 12.1 Å². The molecule has 0 aromatic heterocycles. The van der Waals surface area contributed by atoms with Crippen molar-refractivity contribution < 1.29 is 23.1 Å². The van der Waals surface area contributed by atoms with Gasteiger partial charge in [0.2, 0.25) is 0 Å². The zero-order chi connectivity index (χ0) is 15.9. The van der Waals surface area contributed by atoms with Crippen LogP contribution in [-0.2, 0) is 6.18 Å². The Hall–Kier alpha value is -1.92. The Balaban J connectivity index is 2.85. The molecule has 0 fully saturated rings. The molecule has 0 aliphatic heterocycles. The summed E-state index contributed by atoms with van der Waals surface area (Å²) in [7, 11) is 0. The van der Waals surface area contributed by atoms with Crippen LogP contribution >= 0.6 is 0 Å². The molecule has 0 radical (unpaired) electrons. The molecule has 7 heteroatoms. The van der Waals surface area contributed by atoms with Crippen LogP contribution in [0.3, 0.4) is 0 Å². The molecule has 1 aromatic rings. The summed E-state index contributed by atoms with van der Waals surface area (Å²) >= 11 is 0. The predicted octanol–water partition coefficient (Wildman–Crippen LogP) is 3.76. The third-order valence-corrected chi connectivity index (χ3v) is 2.95. The van der Waals surface area contributed by atoms with Crippen molar-refractivity contribution in [3.8, 4) is 5.75 Å². The number of nitrogens with two attached hydrogens (primary N) is 1. The highest BCUT2D eigenvalue weighted by Crippen LogP contribution is 2.33. The fourth-order valence-electron chi connectivity index (χ4n) is 1.84. The van der Waals surface area contributed by atoms with Crippen molar-refractivity contribution in [2.24, 2.45) is 10.9 Å². The average Bonchev–Trinajstić information content (AvgIpc) is 2.45. The van der Waals surface area contributed by atoms with Gasteiger partial charge in [-0.05, 0) is 24.6 Å². The second kappa shape index (κ2) is 7.75. The minimum absolute atomic E-state index is 0.265. The lowest BCUT2D eigenvalue weighted by Crippen LogP contribution is -2.20. The van der Waals surface area contributed by atoms with E-state index in [0.717, 1.165) is 37.8 Å². The van der Waals surface area contributed by atoms with E-state index in [4.69, 9.17) is 15.7 Å². The Bertz CT molecular complexity index is 488. The summed E-state index contributed by atoms with van der Waals surface area (Å²) in [4.78, 5) is 0. The van der Waals surface area contributed by atoms with Crippen LogP contribution in [0.4, 0.5) is 13.2 Å². The van der Waals surface area contributed by atoms with Crippen molar-refractivity contribution in [1.29, 1.82) is 0 Å². The minimum atomic E-state index is -4.58. The molecule has 1 aromatic carbocycles. The first kappa shape index (κ1) is 17.1. The number of unbranched alkanes of at least 4 members (excludes halogenated alkanes) is 3. The third kappa shape index (κ3) is 5.17. The van der Waals surface area contributed by atoms with Crippen LogP contribution < -0.4 is 10.5 Å². The molecule has 0 atom stereocenters. The molecule has 0 heterocycles. The van der Waals surface area contributed by atoms with E-state index in [1.807, 2.05) is 0 Å². The van der Waals surface area contributed by atoms with Crippen LogP contribution in [0, 0.1) is 0 Å². The summed E-state index contributed by atoms with van der Waals surface area (Å²) in [5, 5.41) is 11.2. The molecule has 1 rings (SSSR count). The van der Waals surface area contributed by atoms with E-state index in [9.17, 15) is 13.2 Å². The number of hydrogen-bond donors (Lipinski definition) is 2. The monoisotopic (exact) mass is 304 g/mol. The summed E-state index contributed by atoms with van der Waals surface area (Å²) < 4.78 is 43.9. The number of halogens is 3. The topological polar surface area (TPSA) is 67.8 Å². The van der Waals surface area contributed by atoms with E-state index in [0.29, 0.717) is 6.61 Å². The Morgan fingerprint density at radius 1 is 1.29 bits per heavy atom. The van der Waals surface area contributed by atoms with Gasteiger partial charge in [0.05, 0.1) is 12.2 Å². The molecule has 118 valence electrons. The maximum Gasteiger partial charge on any atom is 0.417 e. The summed E-state index contributed by atoms with van der Waals surface area (Å²) in [5.41, 5.74) is 3.95. The third-order valence-electron chi connectivity index (χ3n) is 2.95. The van der Waals surface area contributed by atoms with Gasteiger partial charge in [-0.2, -0.15) is 13.2 Å². The van der Waals surface area contributed by atoms with Crippen molar-refractivity contribution in [3.63, 3.8) is 0 Å². The van der Waals surface area contributed by atoms with Crippen LogP contribution in [0.1, 0.15) is 43.7 Å². The molecule has 0 aliphatic carbocycles. The van der Waals surface area contributed by atoms with E-state index in [-0.39, 0.29) is 5.75 Å². The number of ether oxygens (including phenoxy) is 1. The molecule has 0 saturated heterocycles. The summed E-state index contributed by atoms with van der Waals surface area (Å²) in [6.07, 6.45) is -0.567. The molecular formula is C14H19F3N2O2. The molecule has 0 aliphatic rings. The Morgan fingerprint density at radius 3 is 2.57 bits per heavy atom. The zero-order valence-corrected chi connectivity index (χ0v) is 11.8. The predicted molar refractivity (Wildman–Crippen MR) is 73.6 cm³/mol. The molecule has 3 N–H and O–H groups in total. The highest BCUT2D eigenvalue weighted by Gasteiger charge is 2.34. The van der Waals surface area contributed by atoms with Crippen LogP contribution in [0.5, 0.6) is 5.75 Å². The quantitative estimate of drug-likeness (QED) is 0.265. The Labute approximate surface area is 121 Å².